The highest BCUT2D eigenvalue weighted by molar-refractivity contribution is 8.76. The average Bonchev–Trinajstić information content (AvgIpc) is 3.08. The number of amides is 7. The zero-order valence-electron chi connectivity index (χ0n) is 30.1. The summed E-state index contributed by atoms with van der Waals surface area (Å²) in [5, 5.41) is 42.4. The number of primary amides is 1. The molecule has 1 fully saturated rings. The van der Waals surface area contributed by atoms with E-state index in [4.69, 9.17) is 27.4 Å². The van der Waals surface area contributed by atoms with Crippen molar-refractivity contribution in [2.75, 3.05) is 37.7 Å². The van der Waals surface area contributed by atoms with Crippen LogP contribution in [0.4, 0.5) is 0 Å². The Balaban J connectivity index is 3.37. The molecule has 24 nitrogen and oxygen atoms in total. The highest BCUT2D eigenvalue weighted by atomic mass is 33.1. The highest BCUT2D eigenvalue weighted by Gasteiger charge is 2.34. The van der Waals surface area contributed by atoms with Crippen molar-refractivity contribution in [3.63, 3.8) is 0 Å². The van der Waals surface area contributed by atoms with E-state index in [1.54, 1.807) is 0 Å². The molecule has 0 spiro atoms. The molecule has 55 heavy (non-hydrogen) atoms. The third-order valence-electron chi connectivity index (χ3n) is 7.24. The predicted octanol–water partition coefficient (Wildman–Crippen LogP) is -5.88. The van der Waals surface area contributed by atoms with Gasteiger partial charge in [0.15, 0.2) is 5.96 Å². The van der Waals surface area contributed by atoms with Crippen LogP contribution in [-0.2, 0) is 48.0 Å². The molecule has 0 aromatic carbocycles. The summed E-state index contributed by atoms with van der Waals surface area (Å²) in [6.07, 6.45) is -1.82. The molecule has 1 rings (SSSR count). The maximum Gasteiger partial charge on any atom is 0.305 e. The van der Waals surface area contributed by atoms with E-state index in [2.05, 4.69) is 42.7 Å². The predicted molar refractivity (Wildman–Crippen MR) is 197 cm³/mol. The lowest BCUT2D eigenvalue weighted by Crippen LogP contribution is -2.60. The number of hydrogen-bond donors (Lipinski definition) is 14. The molecular weight excluding hydrogens is 773 g/mol. The Hall–Kier alpha value is -4.92. The Morgan fingerprint density at radius 3 is 1.96 bits per heavy atom. The van der Waals surface area contributed by atoms with E-state index in [1.807, 2.05) is 0 Å². The molecule has 0 unspecified atom stereocenters. The fraction of sp³-hybridized carbons (Fsp3) is 0.655. The summed E-state index contributed by atoms with van der Waals surface area (Å²) in [7, 11) is 2.36. The van der Waals surface area contributed by atoms with Gasteiger partial charge in [0.25, 0.3) is 0 Å². The number of carbonyl (C=O) groups is 9. The van der Waals surface area contributed by atoms with Gasteiger partial charge in [-0.15, -0.1) is 0 Å². The van der Waals surface area contributed by atoms with Crippen LogP contribution >= 0.6 is 21.6 Å². The minimum Gasteiger partial charge on any atom is -0.481 e. The van der Waals surface area contributed by atoms with E-state index in [-0.39, 0.29) is 43.5 Å². The van der Waals surface area contributed by atoms with Gasteiger partial charge in [-0.25, -0.2) is 0 Å². The molecule has 0 radical (unpaired) electrons. The summed E-state index contributed by atoms with van der Waals surface area (Å²) in [4.78, 5) is 119. The van der Waals surface area contributed by atoms with Crippen LogP contribution in [0.15, 0.2) is 0 Å². The third kappa shape index (κ3) is 20.4. The summed E-state index contributed by atoms with van der Waals surface area (Å²) in [6.45, 7) is 1.93. The molecule has 0 aromatic heterocycles. The van der Waals surface area contributed by atoms with Gasteiger partial charge in [-0.3, -0.25) is 53.4 Å². The first-order chi connectivity index (χ1) is 25.8. The van der Waals surface area contributed by atoms with E-state index in [1.165, 1.54) is 24.6 Å². The van der Waals surface area contributed by atoms with E-state index in [9.17, 15) is 53.4 Å². The van der Waals surface area contributed by atoms with Crippen molar-refractivity contribution in [2.45, 2.75) is 75.8 Å². The van der Waals surface area contributed by atoms with Crippen LogP contribution in [0.2, 0.25) is 0 Å². The number of carboxylic acid groups (broad SMARTS) is 2. The molecule has 0 saturated carbocycles. The number of guanidine groups is 1. The molecular formula is C29H50N12O12S2. The fourth-order valence-electron chi connectivity index (χ4n) is 4.45. The summed E-state index contributed by atoms with van der Waals surface area (Å²) >= 11 is 0. The van der Waals surface area contributed by atoms with Crippen LogP contribution in [0.5, 0.6) is 0 Å². The number of hydroxylamine groups is 1. The van der Waals surface area contributed by atoms with E-state index in [0.29, 0.717) is 0 Å². The molecule has 1 heterocycles. The maximum atomic E-state index is 13.3. The standard InChI is InChI=1S/C29H50N12O12S2/c1-13(2)23-28(52)40-18(24(31)48)12-55-54-11-14(30)10-53-36-9-20(43)37-15(4-3-5-34-29(32)33)25(49)35-8-19(42)38-16(6-21(44)45)26(50)39-17(7-22(46)47)27(51)41-23/h13-18,23,36H,3-12,30H2,1-2H3,(H2,31,48)(H,35,49)(H,37,43)(H,38,42)(H,39,50)(H,40,52)(H,41,51)(H,44,45)(H,46,47)(H4,32,33,34)/t14-,15-,16-,17+,18+,23+/m0/s1. The minimum atomic E-state index is -1.88. The van der Waals surface area contributed by atoms with Crippen LogP contribution in [0.1, 0.15) is 39.5 Å². The second kappa shape index (κ2) is 25.2. The van der Waals surface area contributed by atoms with Crippen molar-refractivity contribution in [3.8, 4) is 0 Å². The number of nitrogens with two attached hydrogens (primary N) is 3. The first-order valence-corrected chi connectivity index (χ1v) is 19.2. The molecule has 26 heteroatoms. The lowest BCUT2D eigenvalue weighted by atomic mass is 10.0. The first-order valence-electron chi connectivity index (χ1n) is 16.7. The number of carbonyl (C=O) groups excluding carboxylic acids is 7. The van der Waals surface area contributed by atoms with E-state index in [0.717, 1.165) is 10.8 Å². The van der Waals surface area contributed by atoms with Gasteiger partial charge in [0.1, 0.15) is 30.2 Å². The van der Waals surface area contributed by atoms with Gasteiger partial charge in [0.2, 0.25) is 41.4 Å². The Morgan fingerprint density at radius 1 is 0.818 bits per heavy atom. The molecule has 17 N–H and O–H groups in total. The average molecular weight is 823 g/mol. The van der Waals surface area contributed by atoms with Crippen molar-refractivity contribution >= 4 is 80.8 Å². The van der Waals surface area contributed by atoms with Crippen molar-refractivity contribution in [1.29, 1.82) is 5.41 Å². The molecule has 1 aliphatic heterocycles. The van der Waals surface area contributed by atoms with Gasteiger partial charge in [0.05, 0.1) is 32.5 Å². The Bertz CT molecular complexity index is 1410. The molecule has 7 amide bonds. The Kier molecular flexibility index (Phi) is 22.1. The molecule has 1 aliphatic rings. The number of aliphatic carboxylic acids is 2. The van der Waals surface area contributed by atoms with Gasteiger partial charge in [-0.2, -0.15) is 5.48 Å². The summed E-state index contributed by atoms with van der Waals surface area (Å²) in [6, 6.07) is -8.12. The van der Waals surface area contributed by atoms with Crippen LogP contribution in [0, 0.1) is 11.3 Å². The Morgan fingerprint density at radius 2 is 1.38 bits per heavy atom. The van der Waals surface area contributed by atoms with Crippen molar-refractivity contribution in [2.24, 2.45) is 23.1 Å². The van der Waals surface area contributed by atoms with Crippen molar-refractivity contribution in [3.05, 3.63) is 0 Å². The Labute approximate surface area is 323 Å². The minimum absolute atomic E-state index is 0.00651. The molecule has 310 valence electrons. The zero-order chi connectivity index (χ0) is 41.7. The van der Waals surface area contributed by atoms with Crippen LogP contribution < -0.4 is 59.9 Å². The largest absolute Gasteiger partial charge is 0.481 e. The molecule has 0 aliphatic carbocycles. The smallest absolute Gasteiger partial charge is 0.305 e. The van der Waals surface area contributed by atoms with Crippen LogP contribution in [0.25, 0.3) is 0 Å². The lowest BCUT2D eigenvalue weighted by molar-refractivity contribution is -0.143. The summed E-state index contributed by atoms with van der Waals surface area (Å²) in [5.41, 5.74) is 19.2. The number of rotatable bonds is 10. The van der Waals surface area contributed by atoms with E-state index >= 15 is 0 Å². The second-order valence-electron chi connectivity index (χ2n) is 12.4. The number of nitrogens with one attached hydrogen (secondary N) is 9. The van der Waals surface area contributed by atoms with Gasteiger partial charge < -0.3 is 64.6 Å². The van der Waals surface area contributed by atoms with Crippen LogP contribution in [-0.4, -0.2) is 143 Å². The first kappa shape index (κ1) is 48.1. The molecule has 0 bridgehead atoms. The maximum absolute atomic E-state index is 13.3. The van der Waals surface area contributed by atoms with Crippen molar-refractivity contribution < 1.29 is 58.2 Å². The summed E-state index contributed by atoms with van der Waals surface area (Å²) in [5.74, 6) is -10.7. The lowest BCUT2D eigenvalue weighted by Gasteiger charge is -2.27. The van der Waals surface area contributed by atoms with Crippen LogP contribution in [0.3, 0.4) is 0 Å². The normalized spacial score (nSPS) is 25.1. The van der Waals surface area contributed by atoms with Gasteiger partial charge in [-0.1, -0.05) is 35.4 Å². The topological polar surface area (TPSA) is 401 Å². The highest BCUT2D eigenvalue weighted by Crippen LogP contribution is 2.22. The summed E-state index contributed by atoms with van der Waals surface area (Å²) < 4.78 is 0. The zero-order valence-corrected chi connectivity index (χ0v) is 31.8. The molecule has 0 aromatic rings. The monoisotopic (exact) mass is 822 g/mol. The molecule has 1 saturated heterocycles. The SMILES string of the molecule is CC(C)[C@H]1NC(=O)[C@@H](CC(=O)O)NC(=O)[C@H](CC(=O)O)NC(=O)CNC(=O)[C@H](CCCNC(=N)N)NC(=O)CNOC[C@H](N)CSSC[C@H](C(N)=O)NC1=O. The van der Waals surface area contributed by atoms with Gasteiger partial charge in [0, 0.05) is 24.1 Å². The third-order valence-corrected chi connectivity index (χ3v) is 9.76. The van der Waals surface area contributed by atoms with Gasteiger partial charge in [-0.05, 0) is 18.8 Å². The molecule has 6 atom stereocenters. The van der Waals surface area contributed by atoms with E-state index < -0.39 is 121 Å². The number of hydrogen-bond acceptors (Lipinski definition) is 15. The second-order valence-corrected chi connectivity index (χ2v) is 14.9. The quantitative estimate of drug-likeness (QED) is 0.0422. The van der Waals surface area contributed by atoms with Crippen molar-refractivity contribution in [1.82, 2.24) is 42.7 Å². The van der Waals surface area contributed by atoms with Gasteiger partial charge >= 0.3 is 11.9 Å². The fourth-order valence-corrected chi connectivity index (χ4v) is 6.80. The number of carboxylic acids is 2.